The normalized spacial score (nSPS) is 18.0. The lowest BCUT2D eigenvalue weighted by Crippen LogP contribution is -2.29. The van der Waals surface area contributed by atoms with Crippen LogP contribution in [0.15, 0.2) is 36.7 Å². The van der Waals surface area contributed by atoms with Crippen LogP contribution in [-0.2, 0) is 0 Å². The Labute approximate surface area is 129 Å². The van der Waals surface area contributed by atoms with Crippen molar-refractivity contribution in [2.45, 2.75) is 12.5 Å². The van der Waals surface area contributed by atoms with Gasteiger partial charge in [-0.1, -0.05) is 11.6 Å². The van der Waals surface area contributed by atoms with Crippen LogP contribution in [-0.4, -0.2) is 36.1 Å². The first-order chi connectivity index (χ1) is 10.2. The quantitative estimate of drug-likeness (QED) is 0.909. The van der Waals surface area contributed by atoms with E-state index in [0.29, 0.717) is 17.0 Å². The van der Waals surface area contributed by atoms with Gasteiger partial charge in [0.15, 0.2) is 0 Å². The van der Waals surface area contributed by atoms with Crippen molar-refractivity contribution in [3.8, 4) is 0 Å². The standard InChI is InChI=1S/C15H18ClN5/c1-17-13-6-7-21(10-13)14-4-2-12(3-5-14)20-15-18-8-11(16)9-19-15/h2-5,8-9,13,17H,6-7,10H2,1H3,(H,18,19,20). The molecule has 21 heavy (non-hydrogen) atoms. The van der Waals surface area contributed by atoms with E-state index in [4.69, 9.17) is 11.6 Å². The van der Waals surface area contributed by atoms with Crippen LogP contribution >= 0.6 is 11.6 Å². The maximum Gasteiger partial charge on any atom is 0.227 e. The van der Waals surface area contributed by atoms with E-state index in [-0.39, 0.29) is 0 Å². The van der Waals surface area contributed by atoms with Crippen LogP contribution in [0.1, 0.15) is 6.42 Å². The number of aromatic nitrogens is 2. The minimum Gasteiger partial charge on any atom is -0.370 e. The molecule has 0 amide bonds. The fraction of sp³-hybridized carbons (Fsp3) is 0.333. The molecule has 1 aliphatic heterocycles. The summed E-state index contributed by atoms with van der Waals surface area (Å²) in [6.07, 6.45) is 4.34. The van der Waals surface area contributed by atoms with Crippen LogP contribution in [0, 0.1) is 0 Å². The molecular formula is C15H18ClN5. The van der Waals surface area contributed by atoms with E-state index < -0.39 is 0 Å². The van der Waals surface area contributed by atoms with Gasteiger partial charge < -0.3 is 15.5 Å². The van der Waals surface area contributed by atoms with Gasteiger partial charge in [0.05, 0.1) is 17.4 Å². The number of halogens is 1. The Hall–Kier alpha value is -1.85. The van der Waals surface area contributed by atoms with Gasteiger partial charge in [-0.2, -0.15) is 0 Å². The predicted molar refractivity (Wildman–Crippen MR) is 86.4 cm³/mol. The average molecular weight is 304 g/mol. The van der Waals surface area contributed by atoms with Crippen molar-refractivity contribution in [3.05, 3.63) is 41.7 Å². The summed E-state index contributed by atoms with van der Waals surface area (Å²) in [6, 6.07) is 8.91. The van der Waals surface area contributed by atoms with Crippen LogP contribution in [0.2, 0.25) is 5.02 Å². The van der Waals surface area contributed by atoms with E-state index in [2.05, 4.69) is 37.6 Å². The van der Waals surface area contributed by atoms with Crippen molar-refractivity contribution in [2.75, 3.05) is 30.4 Å². The topological polar surface area (TPSA) is 53.1 Å². The van der Waals surface area contributed by atoms with Crippen molar-refractivity contribution in [1.82, 2.24) is 15.3 Å². The van der Waals surface area contributed by atoms with E-state index >= 15 is 0 Å². The van der Waals surface area contributed by atoms with Crippen molar-refractivity contribution < 1.29 is 0 Å². The molecule has 5 nitrogen and oxygen atoms in total. The molecular weight excluding hydrogens is 286 g/mol. The Bertz CT molecular complexity index is 584. The second kappa shape index (κ2) is 6.28. The molecule has 0 radical (unpaired) electrons. The first-order valence-electron chi connectivity index (χ1n) is 7.01. The summed E-state index contributed by atoms with van der Waals surface area (Å²) < 4.78 is 0. The van der Waals surface area contributed by atoms with Crippen molar-refractivity contribution in [2.24, 2.45) is 0 Å². The molecule has 6 heteroatoms. The Morgan fingerprint density at radius 3 is 2.52 bits per heavy atom. The van der Waals surface area contributed by atoms with Gasteiger partial charge in [0.25, 0.3) is 0 Å². The summed E-state index contributed by atoms with van der Waals surface area (Å²) in [5, 5.41) is 7.02. The molecule has 1 fully saturated rings. The predicted octanol–water partition coefficient (Wildman–Crippen LogP) is 2.67. The van der Waals surface area contributed by atoms with Gasteiger partial charge in [-0.05, 0) is 37.7 Å². The van der Waals surface area contributed by atoms with E-state index in [1.165, 1.54) is 12.1 Å². The summed E-state index contributed by atoms with van der Waals surface area (Å²) in [6.45, 7) is 2.15. The molecule has 2 N–H and O–H groups in total. The monoisotopic (exact) mass is 303 g/mol. The molecule has 3 rings (SSSR count). The van der Waals surface area contributed by atoms with Crippen LogP contribution in [0.5, 0.6) is 0 Å². The molecule has 110 valence electrons. The van der Waals surface area contributed by atoms with Gasteiger partial charge in [0, 0.05) is 30.5 Å². The third kappa shape index (κ3) is 3.43. The van der Waals surface area contributed by atoms with E-state index in [1.54, 1.807) is 12.4 Å². The van der Waals surface area contributed by atoms with E-state index in [9.17, 15) is 0 Å². The molecule has 1 aliphatic rings. The number of anilines is 3. The molecule has 0 bridgehead atoms. The molecule has 2 heterocycles. The minimum atomic E-state index is 0.531. The largest absolute Gasteiger partial charge is 0.370 e. The number of benzene rings is 1. The van der Waals surface area contributed by atoms with Gasteiger partial charge >= 0.3 is 0 Å². The van der Waals surface area contributed by atoms with E-state index in [1.807, 2.05) is 19.2 Å². The number of nitrogens with zero attached hydrogens (tertiary/aromatic N) is 3. The number of rotatable bonds is 4. The lowest BCUT2D eigenvalue weighted by atomic mass is 10.2. The highest BCUT2D eigenvalue weighted by Gasteiger charge is 2.20. The highest BCUT2D eigenvalue weighted by atomic mass is 35.5. The van der Waals surface area contributed by atoms with E-state index in [0.717, 1.165) is 18.8 Å². The van der Waals surface area contributed by atoms with Gasteiger partial charge in [0.2, 0.25) is 5.95 Å². The van der Waals surface area contributed by atoms with Gasteiger partial charge in [-0.3, -0.25) is 0 Å². The fourth-order valence-electron chi connectivity index (χ4n) is 2.49. The van der Waals surface area contributed by atoms with Crippen LogP contribution in [0.4, 0.5) is 17.3 Å². The van der Waals surface area contributed by atoms with Crippen LogP contribution < -0.4 is 15.5 Å². The minimum absolute atomic E-state index is 0.531. The molecule has 1 unspecified atom stereocenters. The lowest BCUT2D eigenvalue weighted by Gasteiger charge is -2.19. The number of likely N-dealkylation sites (N-methyl/N-ethyl adjacent to an activating group) is 1. The van der Waals surface area contributed by atoms with Gasteiger partial charge in [-0.25, -0.2) is 9.97 Å². The van der Waals surface area contributed by atoms with Crippen LogP contribution in [0.25, 0.3) is 0 Å². The average Bonchev–Trinajstić information content (AvgIpc) is 2.99. The lowest BCUT2D eigenvalue weighted by molar-refractivity contribution is 0.617. The van der Waals surface area contributed by atoms with Crippen molar-refractivity contribution in [3.63, 3.8) is 0 Å². The Balaban J connectivity index is 1.65. The number of hydrogen-bond donors (Lipinski definition) is 2. The zero-order valence-electron chi connectivity index (χ0n) is 11.9. The number of nitrogens with one attached hydrogen (secondary N) is 2. The smallest absolute Gasteiger partial charge is 0.227 e. The molecule has 0 saturated carbocycles. The molecule has 0 aliphatic carbocycles. The summed E-state index contributed by atoms with van der Waals surface area (Å²) >= 11 is 5.77. The summed E-state index contributed by atoms with van der Waals surface area (Å²) in [5.74, 6) is 0.545. The van der Waals surface area contributed by atoms with Crippen molar-refractivity contribution >= 4 is 28.9 Å². The third-order valence-electron chi connectivity index (χ3n) is 3.71. The summed E-state index contributed by atoms with van der Waals surface area (Å²) in [7, 11) is 2.02. The highest BCUT2D eigenvalue weighted by molar-refractivity contribution is 6.30. The van der Waals surface area contributed by atoms with Crippen LogP contribution in [0.3, 0.4) is 0 Å². The first-order valence-corrected chi connectivity index (χ1v) is 7.39. The maximum absolute atomic E-state index is 5.77. The molecule has 1 aromatic heterocycles. The Morgan fingerprint density at radius 1 is 1.19 bits per heavy atom. The fourth-order valence-corrected chi connectivity index (χ4v) is 2.59. The third-order valence-corrected chi connectivity index (χ3v) is 3.90. The first kappa shape index (κ1) is 14.1. The SMILES string of the molecule is CNC1CCN(c2ccc(Nc3ncc(Cl)cn3)cc2)C1. The zero-order valence-corrected chi connectivity index (χ0v) is 12.6. The Morgan fingerprint density at radius 2 is 1.90 bits per heavy atom. The molecule has 2 aromatic rings. The maximum atomic E-state index is 5.77. The molecule has 1 saturated heterocycles. The summed E-state index contributed by atoms with van der Waals surface area (Å²) in [4.78, 5) is 10.6. The molecule has 0 spiro atoms. The Kier molecular flexibility index (Phi) is 4.22. The highest BCUT2D eigenvalue weighted by Crippen LogP contribution is 2.23. The molecule has 1 aromatic carbocycles. The summed E-state index contributed by atoms with van der Waals surface area (Å²) in [5.41, 5.74) is 2.21. The molecule has 1 atom stereocenters. The number of hydrogen-bond acceptors (Lipinski definition) is 5. The van der Waals surface area contributed by atoms with Crippen molar-refractivity contribution in [1.29, 1.82) is 0 Å². The van der Waals surface area contributed by atoms with Gasteiger partial charge in [-0.15, -0.1) is 0 Å². The van der Waals surface area contributed by atoms with Gasteiger partial charge in [0.1, 0.15) is 0 Å². The second-order valence-electron chi connectivity index (χ2n) is 5.12. The second-order valence-corrected chi connectivity index (χ2v) is 5.55. The zero-order chi connectivity index (χ0) is 14.7.